The molecule has 2 rings (SSSR count). The molecule has 0 bridgehead atoms. The minimum atomic E-state index is -2.15. The highest BCUT2D eigenvalue weighted by Gasteiger charge is 2.22. The molecule has 0 aliphatic rings. The Morgan fingerprint density at radius 3 is 1.74 bits per heavy atom. The van der Waals surface area contributed by atoms with Gasteiger partial charge in [0.1, 0.15) is 6.26 Å². The average Bonchev–Trinajstić information content (AvgIpc) is 2.62. The van der Waals surface area contributed by atoms with Crippen molar-refractivity contribution in [3.05, 3.63) is 60.7 Å². The molecule has 0 aromatic heterocycles. The molecule has 0 heterocycles. The van der Waals surface area contributed by atoms with Gasteiger partial charge in [-0.25, -0.2) is 0 Å². The smallest absolute Gasteiger partial charge is 0.123 e. The summed E-state index contributed by atoms with van der Waals surface area (Å²) in [6.45, 7) is 3.01. The Balaban J connectivity index is 2.00. The van der Waals surface area contributed by atoms with E-state index in [1.54, 1.807) is 0 Å². The molecule has 0 aliphatic carbocycles. The number of benzene rings is 2. The maximum absolute atomic E-state index is 6.33. The van der Waals surface area contributed by atoms with Crippen molar-refractivity contribution in [2.24, 2.45) is 0 Å². The Labute approximate surface area is 146 Å². The molecule has 2 aromatic rings. The van der Waals surface area contributed by atoms with Crippen LogP contribution in [-0.4, -0.2) is 6.61 Å². The Kier molecular flexibility index (Phi) is 8.02. The van der Waals surface area contributed by atoms with Gasteiger partial charge in [0.05, 0.1) is 6.61 Å². The van der Waals surface area contributed by atoms with Gasteiger partial charge in [-0.1, -0.05) is 111 Å². The molecule has 0 saturated heterocycles. The van der Waals surface area contributed by atoms with Crippen LogP contribution in [-0.2, 0) is 16.3 Å². The van der Waals surface area contributed by atoms with Crippen LogP contribution in [0.2, 0.25) is 0 Å². The van der Waals surface area contributed by atoms with Crippen molar-refractivity contribution in [3.63, 3.8) is 0 Å². The second-order valence-electron chi connectivity index (χ2n) is 5.82. The van der Waals surface area contributed by atoms with Crippen molar-refractivity contribution in [2.45, 2.75) is 45.4 Å². The number of rotatable bonds is 10. The van der Waals surface area contributed by atoms with Crippen LogP contribution in [0.3, 0.4) is 0 Å². The van der Waals surface area contributed by atoms with Gasteiger partial charge in [-0.15, -0.1) is 0 Å². The van der Waals surface area contributed by atoms with Crippen LogP contribution in [0.25, 0.3) is 0 Å². The van der Waals surface area contributed by atoms with Gasteiger partial charge >= 0.3 is 0 Å². The van der Waals surface area contributed by atoms with Crippen LogP contribution in [0, 0.1) is 0 Å². The Bertz CT molecular complexity index is 554. The summed E-state index contributed by atoms with van der Waals surface area (Å²) in [6, 6.07) is 20.7. The summed E-state index contributed by atoms with van der Waals surface area (Å²) in [4.78, 5) is 0. The van der Waals surface area contributed by atoms with E-state index in [4.69, 9.17) is 16.3 Å². The quantitative estimate of drug-likeness (QED) is 0.420. The predicted molar refractivity (Wildman–Crippen MR) is 106 cm³/mol. The fourth-order valence-electron chi connectivity index (χ4n) is 2.62. The Morgan fingerprint density at radius 1 is 0.739 bits per heavy atom. The first-order valence-electron chi connectivity index (χ1n) is 8.63. The maximum atomic E-state index is 6.33. The van der Waals surface area contributed by atoms with Crippen LogP contribution in [0.1, 0.15) is 45.4 Å². The lowest BCUT2D eigenvalue weighted by molar-refractivity contribution is 0.342. The third-order valence-corrected chi connectivity index (χ3v) is 8.05. The van der Waals surface area contributed by atoms with Gasteiger partial charge in [-0.3, -0.25) is 0 Å². The first kappa shape index (κ1) is 18.4. The predicted octanol–water partition coefficient (Wildman–Crippen LogP) is 5.41. The van der Waals surface area contributed by atoms with Crippen LogP contribution < -0.4 is 10.6 Å². The average molecular weight is 346 g/mol. The van der Waals surface area contributed by atoms with E-state index < -0.39 is 6.26 Å². The third kappa shape index (κ3) is 5.57. The monoisotopic (exact) mass is 346 g/mol. The SMILES string of the molecule is CCCCCCCCOP(=S)(c1ccccc1)c1ccccc1. The summed E-state index contributed by atoms with van der Waals surface area (Å²) in [5.41, 5.74) is 0. The van der Waals surface area contributed by atoms with Gasteiger partial charge in [0.25, 0.3) is 0 Å². The lowest BCUT2D eigenvalue weighted by Crippen LogP contribution is -2.18. The van der Waals surface area contributed by atoms with E-state index in [-0.39, 0.29) is 0 Å². The molecule has 0 aliphatic heterocycles. The highest BCUT2D eigenvalue weighted by molar-refractivity contribution is 8.19. The van der Waals surface area contributed by atoms with Gasteiger partial charge in [0.2, 0.25) is 0 Å². The van der Waals surface area contributed by atoms with Gasteiger partial charge < -0.3 is 4.52 Å². The molecule has 23 heavy (non-hydrogen) atoms. The number of unbranched alkanes of at least 4 members (excludes halogenated alkanes) is 5. The van der Waals surface area contributed by atoms with E-state index in [0.717, 1.165) is 23.6 Å². The molecule has 124 valence electrons. The third-order valence-electron chi connectivity index (χ3n) is 3.96. The van der Waals surface area contributed by atoms with Crippen molar-refractivity contribution in [1.82, 2.24) is 0 Å². The van der Waals surface area contributed by atoms with E-state index in [2.05, 4.69) is 31.2 Å². The van der Waals surface area contributed by atoms with E-state index in [1.807, 2.05) is 36.4 Å². The zero-order valence-corrected chi connectivity index (χ0v) is 15.7. The Morgan fingerprint density at radius 2 is 1.22 bits per heavy atom. The van der Waals surface area contributed by atoms with Gasteiger partial charge in [0, 0.05) is 10.6 Å². The topological polar surface area (TPSA) is 9.23 Å². The fourth-order valence-corrected chi connectivity index (χ4v) is 5.69. The highest BCUT2D eigenvalue weighted by Crippen LogP contribution is 2.45. The zero-order valence-electron chi connectivity index (χ0n) is 14.0. The first-order chi connectivity index (χ1) is 11.3. The summed E-state index contributed by atoms with van der Waals surface area (Å²) in [5, 5.41) is 2.29. The summed E-state index contributed by atoms with van der Waals surface area (Å²) in [6.07, 6.45) is 5.45. The first-order valence-corrected chi connectivity index (χ1v) is 11.3. The van der Waals surface area contributed by atoms with Crippen LogP contribution in [0.5, 0.6) is 0 Å². The molecule has 0 saturated carbocycles. The minimum Gasteiger partial charge on any atom is -0.342 e. The molecular formula is C20H27OPS. The number of hydrogen-bond donors (Lipinski definition) is 0. The second-order valence-corrected chi connectivity index (χ2v) is 9.76. The Hall–Kier alpha value is -0.950. The van der Waals surface area contributed by atoms with E-state index in [9.17, 15) is 0 Å². The molecule has 2 aromatic carbocycles. The maximum Gasteiger partial charge on any atom is 0.123 e. The summed E-state index contributed by atoms with van der Waals surface area (Å²) in [7, 11) is 0. The van der Waals surface area contributed by atoms with Crippen molar-refractivity contribution in [2.75, 3.05) is 6.61 Å². The van der Waals surface area contributed by atoms with Crippen molar-refractivity contribution >= 4 is 28.7 Å². The molecular weight excluding hydrogens is 319 g/mol. The normalized spacial score (nSPS) is 11.5. The van der Waals surface area contributed by atoms with Crippen molar-refractivity contribution in [3.8, 4) is 0 Å². The molecule has 1 nitrogen and oxygen atoms in total. The zero-order chi connectivity index (χ0) is 16.4. The van der Waals surface area contributed by atoms with Crippen LogP contribution >= 0.6 is 6.26 Å². The van der Waals surface area contributed by atoms with Gasteiger partial charge in [-0.2, -0.15) is 0 Å². The van der Waals surface area contributed by atoms with E-state index in [1.165, 1.54) is 32.1 Å². The second kappa shape index (κ2) is 10.0. The van der Waals surface area contributed by atoms with E-state index in [0.29, 0.717) is 0 Å². The van der Waals surface area contributed by atoms with Crippen LogP contribution in [0.15, 0.2) is 60.7 Å². The molecule has 3 heteroatoms. The molecule has 0 fully saturated rings. The minimum absolute atomic E-state index is 0.757. The van der Waals surface area contributed by atoms with Gasteiger partial charge in [0.15, 0.2) is 0 Å². The lowest BCUT2D eigenvalue weighted by atomic mass is 10.1. The van der Waals surface area contributed by atoms with E-state index >= 15 is 0 Å². The molecule has 0 amide bonds. The van der Waals surface area contributed by atoms with Crippen LogP contribution in [0.4, 0.5) is 0 Å². The largest absolute Gasteiger partial charge is 0.342 e. The lowest BCUT2D eigenvalue weighted by Gasteiger charge is -2.23. The molecule has 0 radical (unpaired) electrons. The molecule has 0 unspecified atom stereocenters. The summed E-state index contributed by atoms with van der Waals surface area (Å²) < 4.78 is 6.33. The van der Waals surface area contributed by atoms with Crippen molar-refractivity contribution in [1.29, 1.82) is 0 Å². The molecule has 0 atom stereocenters. The molecule has 0 N–H and O–H groups in total. The summed E-state index contributed by atoms with van der Waals surface area (Å²) in [5.74, 6) is 0. The highest BCUT2D eigenvalue weighted by atomic mass is 32.4. The molecule has 0 spiro atoms. The summed E-state index contributed by atoms with van der Waals surface area (Å²) >= 11 is 6.04. The van der Waals surface area contributed by atoms with Crippen molar-refractivity contribution < 1.29 is 4.52 Å². The fraction of sp³-hybridized carbons (Fsp3) is 0.400. The standard InChI is InChI=1S/C20H27OPS/c1-2-3-4-5-6-13-18-21-22(23,19-14-9-7-10-15-19)20-16-11-8-12-17-20/h7-12,14-17H,2-6,13,18H2,1H3. The number of hydrogen-bond acceptors (Lipinski definition) is 2. The van der Waals surface area contributed by atoms with Gasteiger partial charge in [-0.05, 0) is 6.42 Å².